The average Bonchev–Trinajstić information content (AvgIpc) is 3.21. The molecule has 0 atom stereocenters. The summed E-state index contributed by atoms with van der Waals surface area (Å²) in [5, 5.41) is 3.49. The van der Waals surface area contributed by atoms with Gasteiger partial charge in [-0.05, 0) is 158 Å². The summed E-state index contributed by atoms with van der Waals surface area (Å²) in [4.78, 5) is 3.80. The normalized spacial score (nSPS) is 11.5. The van der Waals surface area contributed by atoms with Crippen molar-refractivity contribution in [3.63, 3.8) is 0 Å². The van der Waals surface area contributed by atoms with Gasteiger partial charge in [0.1, 0.15) is 26.0 Å². The number of aryl methyl sites for hydroxylation is 2. The second kappa shape index (κ2) is 20.3. The van der Waals surface area contributed by atoms with Gasteiger partial charge in [-0.25, -0.2) is 16.8 Å². The molecule has 13 heteroatoms. The van der Waals surface area contributed by atoms with Crippen LogP contribution in [0.2, 0.25) is 0 Å². The molecule has 0 aliphatic heterocycles. The largest absolute Gasteiger partial charge is 1.00 e. The molecule has 0 fully saturated rings. The Morgan fingerprint density at radius 1 is 0.583 bits per heavy atom. The van der Waals surface area contributed by atoms with Crippen molar-refractivity contribution in [3.05, 3.63) is 172 Å². The van der Waals surface area contributed by atoms with Crippen LogP contribution in [0.1, 0.15) is 65.6 Å². The molecule has 0 unspecified atom stereocenters. The Morgan fingerprint density at radius 2 is 1.02 bits per heavy atom. The Morgan fingerprint density at radius 3 is 1.40 bits per heavy atom. The van der Waals surface area contributed by atoms with Gasteiger partial charge in [-0.1, -0.05) is 48.5 Å². The second-order valence-electron chi connectivity index (χ2n) is 14.5. The van der Waals surface area contributed by atoms with Crippen LogP contribution in [-0.4, -0.2) is 45.6 Å². The van der Waals surface area contributed by atoms with Crippen LogP contribution in [0.3, 0.4) is 0 Å². The Balaban J connectivity index is 0.00000683. The molecule has 308 valence electrons. The number of nitrogens with zero attached hydrogens (tertiary/aromatic N) is 2. The van der Waals surface area contributed by atoms with Gasteiger partial charge in [0, 0.05) is 54.8 Å². The molecule has 0 heterocycles. The zero-order valence-corrected chi connectivity index (χ0v) is 38.5. The van der Waals surface area contributed by atoms with Gasteiger partial charge in [-0.3, -0.25) is 0 Å². The first-order valence-corrected chi connectivity index (χ1v) is 22.4. The van der Waals surface area contributed by atoms with E-state index in [1.807, 2.05) is 57.2 Å². The zero-order chi connectivity index (χ0) is 42.3. The van der Waals surface area contributed by atoms with E-state index in [0.29, 0.717) is 32.8 Å². The Labute approximate surface area is 377 Å². The number of ether oxygens (including phenoxy) is 1. The van der Waals surface area contributed by atoms with Crippen molar-refractivity contribution in [1.82, 2.24) is 0 Å². The van der Waals surface area contributed by atoms with E-state index in [0.717, 1.165) is 67.4 Å². The average molecular weight is 855 g/mol. The van der Waals surface area contributed by atoms with E-state index in [2.05, 4.69) is 89.6 Å². The summed E-state index contributed by atoms with van der Waals surface area (Å²) >= 11 is 0. The van der Waals surface area contributed by atoms with Gasteiger partial charge >= 0.3 is 29.6 Å². The topological polar surface area (TPSA) is 142 Å². The molecule has 10 nitrogen and oxygen atoms in total. The molecule has 0 radical (unpaired) electrons. The smallest absolute Gasteiger partial charge is 0.744 e. The minimum Gasteiger partial charge on any atom is -0.744 e. The van der Waals surface area contributed by atoms with Crippen LogP contribution in [0.4, 0.5) is 22.7 Å². The van der Waals surface area contributed by atoms with Gasteiger partial charge in [-0.2, -0.15) is 0 Å². The van der Waals surface area contributed by atoms with Crippen molar-refractivity contribution >= 4 is 43.0 Å². The first kappa shape index (κ1) is 46.4. The molecule has 0 bridgehead atoms. The molecular weight excluding hydrogens is 806 g/mol. The molecule has 0 aliphatic rings. The van der Waals surface area contributed by atoms with Gasteiger partial charge in [0.2, 0.25) is 0 Å². The molecule has 6 aromatic carbocycles. The molecule has 0 saturated heterocycles. The van der Waals surface area contributed by atoms with Crippen molar-refractivity contribution in [3.8, 4) is 5.75 Å². The Hall–Kier alpha value is -4.66. The molecule has 60 heavy (non-hydrogen) atoms. The van der Waals surface area contributed by atoms with E-state index >= 15 is 0 Å². The summed E-state index contributed by atoms with van der Waals surface area (Å²) in [6.07, 6.45) is 0. The maximum absolute atomic E-state index is 11.7. The van der Waals surface area contributed by atoms with Crippen molar-refractivity contribution in [2.45, 2.75) is 63.4 Å². The summed E-state index contributed by atoms with van der Waals surface area (Å²) in [6, 6.07) is 41.5. The fourth-order valence-electron chi connectivity index (χ4n) is 7.43. The molecule has 0 saturated carbocycles. The Kier molecular flexibility index (Phi) is 15.7. The molecule has 0 aliphatic carbocycles. The van der Waals surface area contributed by atoms with Crippen LogP contribution in [0.5, 0.6) is 5.75 Å². The van der Waals surface area contributed by atoms with Crippen LogP contribution in [0.15, 0.2) is 143 Å². The van der Waals surface area contributed by atoms with Gasteiger partial charge < -0.3 is 29.0 Å². The zero-order valence-electron chi connectivity index (χ0n) is 34.9. The third-order valence-corrected chi connectivity index (χ3v) is 12.1. The summed E-state index contributed by atoms with van der Waals surface area (Å²) in [6.45, 7) is 13.0. The number of anilines is 4. The van der Waals surface area contributed by atoms with Crippen LogP contribution in [0, 0.1) is 13.8 Å². The minimum absolute atomic E-state index is 0. The molecule has 0 spiro atoms. The third kappa shape index (κ3) is 11.6. The van der Waals surface area contributed by atoms with Crippen LogP contribution < -0.4 is 49.4 Å². The summed E-state index contributed by atoms with van der Waals surface area (Å²) in [5.41, 5.74) is 10.8. The number of rotatable bonds is 17. The number of nitrogens with one attached hydrogen (secondary N) is 1. The van der Waals surface area contributed by atoms with Crippen LogP contribution in [0.25, 0.3) is 0 Å². The van der Waals surface area contributed by atoms with Gasteiger partial charge in [0.25, 0.3) is 0 Å². The molecule has 6 rings (SSSR count). The van der Waals surface area contributed by atoms with Gasteiger partial charge in [-0.15, -0.1) is 0 Å². The third-order valence-electron chi connectivity index (χ3n) is 10.4. The molecule has 0 aromatic heterocycles. The van der Waals surface area contributed by atoms with E-state index in [9.17, 15) is 25.9 Å². The monoisotopic (exact) mass is 854 g/mol. The fraction of sp³-hybridized carbons (Fsp3) is 0.234. The molecule has 1 N–H and O–H groups in total. The minimum atomic E-state index is -4.57. The number of benzene rings is 6. The van der Waals surface area contributed by atoms with E-state index in [4.69, 9.17) is 4.74 Å². The maximum atomic E-state index is 11.7. The number of hydrogen-bond donors (Lipinski definition) is 1. The van der Waals surface area contributed by atoms with Crippen LogP contribution in [-0.2, 0) is 33.3 Å². The SMILES string of the molecule is CCOc1ccc(Nc2ccc(C(c3ccc(N(CC)Cc4cccc(S(=O)(=O)[O-])c4)cc3C)c3ccc(N(CC)Cc4cccc(S(=O)(=O)[O-])c4)cc3C)cc2)cc1.[Na+]. The standard InChI is InChI=1S/C47H51N3O7S2.Na/c1-6-49(31-35-11-9-13-43(29-35)58(51,52)53)40-21-25-45(33(4)27-40)47(37-15-17-38(18-16-37)48-39-19-23-42(24-20-39)57-8-3)46-26-22-41(28-34(46)5)50(7-2)32-36-12-10-14-44(30-36)59(54,55)56;/h9-30,47-48H,6-8,31-32H2,1-5H3,(H,51,52,53)(H,54,55,56);/q;+1/p-2. The second-order valence-corrected chi connectivity index (χ2v) is 17.2. The first-order valence-electron chi connectivity index (χ1n) is 19.6. The van der Waals surface area contributed by atoms with Crippen molar-refractivity contribution in [2.75, 3.05) is 34.8 Å². The molecular formula is C47H49N3NaO7S2-. The molecule has 0 amide bonds. The predicted molar refractivity (Wildman–Crippen MR) is 233 cm³/mol. The molecule has 6 aromatic rings. The van der Waals surface area contributed by atoms with Gasteiger partial charge in [0.15, 0.2) is 0 Å². The Bertz CT molecular complexity index is 2490. The van der Waals surface area contributed by atoms with E-state index in [1.54, 1.807) is 12.1 Å². The van der Waals surface area contributed by atoms with Crippen LogP contribution >= 0.6 is 0 Å². The van der Waals surface area contributed by atoms with Crippen molar-refractivity contribution in [1.29, 1.82) is 0 Å². The summed E-state index contributed by atoms with van der Waals surface area (Å²) in [5.74, 6) is 0.677. The van der Waals surface area contributed by atoms with E-state index < -0.39 is 20.2 Å². The summed E-state index contributed by atoms with van der Waals surface area (Å²) in [7, 11) is -9.15. The predicted octanol–water partition coefficient (Wildman–Crippen LogP) is 6.49. The number of hydrogen-bond acceptors (Lipinski definition) is 10. The quantitative estimate of drug-likeness (QED) is 0.0615. The summed E-state index contributed by atoms with van der Waals surface area (Å²) < 4.78 is 75.9. The fourth-order valence-corrected chi connectivity index (χ4v) is 8.51. The maximum Gasteiger partial charge on any atom is 1.00 e. The van der Waals surface area contributed by atoms with E-state index in [1.165, 1.54) is 24.3 Å². The van der Waals surface area contributed by atoms with Crippen molar-refractivity contribution in [2.24, 2.45) is 0 Å². The van der Waals surface area contributed by atoms with Crippen molar-refractivity contribution < 1.29 is 60.2 Å². The van der Waals surface area contributed by atoms with E-state index in [-0.39, 0.29) is 45.3 Å². The van der Waals surface area contributed by atoms with Gasteiger partial charge in [0.05, 0.1) is 16.4 Å². The first-order chi connectivity index (χ1) is 28.2.